The third kappa shape index (κ3) is 3.45. The molecule has 0 aromatic heterocycles. The van der Waals surface area contributed by atoms with E-state index in [1.807, 2.05) is 25.1 Å². The third-order valence-corrected chi connectivity index (χ3v) is 2.90. The Bertz CT molecular complexity index is 646. The van der Waals surface area contributed by atoms with Gasteiger partial charge >= 0.3 is 0 Å². The second kappa shape index (κ2) is 6.02. The fourth-order valence-corrected chi connectivity index (χ4v) is 1.70. The number of hydrazone groups is 1. The Morgan fingerprint density at radius 2 is 1.80 bits per heavy atom. The first-order valence-electron chi connectivity index (χ1n) is 6.27. The van der Waals surface area contributed by atoms with E-state index in [-0.39, 0.29) is 11.7 Å². The topological polar surface area (TPSA) is 61.7 Å². The van der Waals surface area contributed by atoms with E-state index in [1.165, 1.54) is 0 Å². The fraction of sp³-hybridized carbons (Fsp3) is 0.125. The number of phenolic OH excluding ortho intramolecular Hbond substituents is 1. The molecule has 0 atom stereocenters. The summed E-state index contributed by atoms with van der Waals surface area (Å²) >= 11 is 0. The Morgan fingerprint density at radius 1 is 1.10 bits per heavy atom. The van der Waals surface area contributed by atoms with Gasteiger partial charge in [-0.25, -0.2) is 5.43 Å². The maximum Gasteiger partial charge on any atom is 0.271 e. The van der Waals surface area contributed by atoms with Gasteiger partial charge in [0.05, 0.1) is 5.71 Å². The van der Waals surface area contributed by atoms with Crippen molar-refractivity contribution in [1.29, 1.82) is 0 Å². The highest BCUT2D eigenvalue weighted by molar-refractivity contribution is 6.01. The van der Waals surface area contributed by atoms with Gasteiger partial charge in [-0.15, -0.1) is 0 Å². The van der Waals surface area contributed by atoms with Crippen molar-refractivity contribution >= 4 is 11.6 Å². The molecular formula is C16H16N2O2. The van der Waals surface area contributed by atoms with Crippen molar-refractivity contribution in [2.75, 3.05) is 0 Å². The number of carbonyl (C=O) groups is 1. The first-order valence-corrected chi connectivity index (χ1v) is 6.27. The van der Waals surface area contributed by atoms with E-state index in [1.54, 1.807) is 37.3 Å². The zero-order valence-corrected chi connectivity index (χ0v) is 11.4. The molecule has 102 valence electrons. The normalized spacial score (nSPS) is 11.2. The molecule has 0 saturated carbocycles. The molecule has 0 radical (unpaired) electrons. The summed E-state index contributed by atoms with van der Waals surface area (Å²) < 4.78 is 0. The first kappa shape index (κ1) is 13.8. The van der Waals surface area contributed by atoms with Gasteiger partial charge in [0, 0.05) is 11.1 Å². The van der Waals surface area contributed by atoms with Crippen LogP contribution < -0.4 is 5.43 Å². The smallest absolute Gasteiger partial charge is 0.271 e. The summed E-state index contributed by atoms with van der Waals surface area (Å²) in [4.78, 5) is 11.9. The summed E-state index contributed by atoms with van der Waals surface area (Å²) in [6.07, 6.45) is 0. The van der Waals surface area contributed by atoms with Gasteiger partial charge < -0.3 is 5.11 Å². The number of aromatic hydroxyl groups is 1. The Balaban J connectivity index is 2.08. The van der Waals surface area contributed by atoms with Gasteiger partial charge in [-0.1, -0.05) is 29.8 Å². The van der Waals surface area contributed by atoms with E-state index in [4.69, 9.17) is 0 Å². The monoisotopic (exact) mass is 268 g/mol. The summed E-state index contributed by atoms with van der Waals surface area (Å²) in [6.45, 7) is 3.73. The van der Waals surface area contributed by atoms with Crippen LogP contribution in [0.25, 0.3) is 0 Å². The van der Waals surface area contributed by atoms with E-state index in [0.29, 0.717) is 11.3 Å². The Hall–Kier alpha value is -2.62. The van der Waals surface area contributed by atoms with Gasteiger partial charge in [0.2, 0.25) is 0 Å². The number of aryl methyl sites for hydroxylation is 1. The highest BCUT2D eigenvalue weighted by Crippen LogP contribution is 2.11. The number of hydrogen-bond acceptors (Lipinski definition) is 3. The number of phenols is 1. The van der Waals surface area contributed by atoms with Crippen LogP contribution in [0.5, 0.6) is 5.75 Å². The average Bonchev–Trinajstić information content (AvgIpc) is 2.45. The van der Waals surface area contributed by atoms with Crippen LogP contribution in [-0.2, 0) is 0 Å². The van der Waals surface area contributed by atoms with Crippen LogP contribution in [0.1, 0.15) is 28.4 Å². The highest BCUT2D eigenvalue weighted by atomic mass is 16.3. The number of amides is 1. The SMILES string of the molecule is CC(=NNC(=O)c1ccc(C)cc1)c1cccc(O)c1. The molecule has 2 rings (SSSR count). The Morgan fingerprint density at radius 3 is 2.45 bits per heavy atom. The lowest BCUT2D eigenvalue weighted by Gasteiger charge is -2.04. The van der Waals surface area contributed by atoms with Gasteiger partial charge in [-0.05, 0) is 38.1 Å². The molecule has 2 aromatic carbocycles. The molecule has 4 nitrogen and oxygen atoms in total. The summed E-state index contributed by atoms with van der Waals surface area (Å²) in [7, 11) is 0. The molecule has 0 unspecified atom stereocenters. The van der Waals surface area contributed by atoms with E-state index >= 15 is 0 Å². The number of carbonyl (C=O) groups excluding carboxylic acids is 1. The molecule has 0 aliphatic rings. The van der Waals surface area contributed by atoms with Crippen LogP contribution in [0.4, 0.5) is 0 Å². The van der Waals surface area contributed by atoms with Crippen LogP contribution in [0.3, 0.4) is 0 Å². The van der Waals surface area contributed by atoms with Crippen molar-refractivity contribution in [1.82, 2.24) is 5.43 Å². The summed E-state index contributed by atoms with van der Waals surface area (Å²) in [5.41, 5.74) is 5.54. The van der Waals surface area contributed by atoms with Gasteiger partial charge in [-0.2, -0.15) is 5.10 Å². The minimum atomic E-state index is -0.260. The number of nitrogens with one attached hydrogen (secondary N) is 1. The average molecular weight is 268 g/mol. The number of benzene rings is 2. The van der Waals surface area contributed by atoms with E-state index in [2.05, 4.69) is 10.5 Å². The maximum atomic E-state index is 11.9. The summed E-state index contributed by atoms with van der Waals surface area (Å²) in [5.74, 6) is -0.0913. The minimum Gasteiger partial charge on any atom is -0.508 e. The molecule has 0 aliphatic heterocycles. The second-order valence-corrected chi connectivity index (χ2v) is 4.55. The maximum absolute atomic E-state index is 11.9. The van der Waals surface area contributed by atoms with Gasteiger partial charge in [-0.3, -0.25) is 4.79 Å². The molecule has 0 bridgehead atoms. The molecular weight excluding hydrogens is 252 g/mol. The van der Waals surface area contributed by atoms with Gasteiger partial charge in [0.1, 0.15) is 5.75 Å². The lowest BCUT2D eigenvalue weighted by molar-refractivity contribution is 0.0955. The lowest BCUT2D eigenvalue weighted by Crippen LogP contribution is -2.19. The Labute approximate surface area is 117 Å². The first-order chi connectivity index (χ1) is 9.56. The number of nitrogens with zero attached hydrogens (tertiary/aromatic N) is 1. The molecule has 20 heavy (non-hydrogen) atoms. The van der Waals surface area contributed by atoms with Crippen LogP contribution in [-0.4, -0.2) is 16.7 Å². The van der Waals surface area contributed by atoms with Gasteiger partial charge in [0.25, 0.3) is 5.91 Å². The van der Waals surface area contributed by atoms with E-state index < -0.39 is 0 Å². The predicted octanol–water partition coefficient (Wildman–Crippen LogP) is 2.85. The van der Waals surface area contributed by atoms with Crippen molar-refractivity contribution in [2.45, 2.75) is 13.8 Å². The fourth-order valence-electron chi connectivity index (χ4n) is 1.70. The highest BCUT2D eigenvalue weighted by Gasteiger charge is 2.04. The molecule has 1 amide bonds. The van der Waals surface area contributed by atoms with E-state index in [9.17, 15) is 9.90 Å². The molecule has 2 aromatic rings. The minimum absolute atomic E-state index is 0.168. The molecule has 0 fully saturated rings. The summed E-state index contributed by atoms with van der Waals surface area (Å²) in [6, 6.07) is 14.0. The van der Waals surface area contributed by atoms with Crippen LogP contribution in [0.2, 0.25) is 0 Å². The Kier molecular flexibility index (Phi) is 4.15. The number of hydrogen-bond donors (Lipinski definition) is 2. The van der Waals surface area contributed by atoms with Crippen molar-refractivity contribution in [2.24, 2.45) is 5.10 Å². The number of rotatable bonds is 3. The quantitative estimate of drug-likeness (QED) is 0.664. The zero-order chi connectivity index (χ0) is 14.5. The molecule has 2 N–H and O–H groups in total. The molecule has 4 heteroatoms. The van der Waals surface area contributed by atoms with Crippen molar-refractivity contribution in [3.8, 4) is 5.75 Å². The summed E-state index contributed by atoms with van der Waals surface area (Å²) in [5, 5.41) is 13.4. The van der Waals surface area contributed by atoms with E-state index in [0.717, 1.165) is 11.1 Å². The van der Waals surface area contributed by atoms with Crippen LogP contribution >= 0.6 is 0 Å². The van der Waals surface area contributed by atoms with Crippen molar-refractivity contribution in [3.63, 3.8) is 0 Å². The largest absolute Gasteiger partial charge is 0.508 e. The second-order valence-electron chi connectivity index (χ2n) is 4.55. The molecule has 0 spiro atoms. The molecule has 0 heterocycles. The molecule has 0 aliphatic carbocycles. The van der Waals surface area contributed by atoms with Gasteiger partial charge in [0.15, 0.2) is 0 Å². The zero-order valence-electron chi connectivity index (χ0n) is 11.4. The van der Waals surface area contributed by atoms with Crippen molar-refractivity contribution < 1.29 is 9.90 Å². The van der Waals surface area contributed by atoms with Crippen LogP contribution in [0.15, 0.2) is 53.6 Å². The molecule has 0 saturated heterocycles. The predicted molar refractivity (Wildman–Crippen MR) is 79.0 cm³/mol. The standard InChI is InChI=1S/C16H16N2O2/c1-11-6-8-13(9-7-11)16(20)18-17-12(2)14-4-3-5-15(19)10-14/h3-10,19H,1-2H3,(H,18,20). The van der Waals surface area contributed by atoms with Crippen LogP contribution in [0, 0.1) is 6.92 Å². The lowest BCUT2D eigenvalue weighted by atomic mass is 10.1. The third-order valence-electron chi connectivity index (χ3n) is 2.90. The van der Waals surface area contributed by atoms with Crippen molar-refractivity contribution in [3.05, 3.63) is 65.2 Å².